The maximum absolute atomic E-state index is 5.83. The standard InChI is InChI=1S/C9H16ClNS/c1-2-11(9(10)12)8-6-4-3-5-7-8/h8H,2-7H2,1H3. The zero-order valence-electron chi connectivity index (χ0n) is 7.55. The maximum Gasteiger partial charge on any atom is 0.170 e. The van der Waals surface area contributed by atoms with E-state index in [1.165, 1.54) is 32.1 Å². The summed E-state index contributed by atoms with van der Waals surface area (Å²) in [6, 6.07) is 0.619. The first kappa shape index (κ1) is 10.3. The average molecular weight is 206 g/mol. The Hall–Kier alpha value is 0.180. The molecule has 0 unspecified atom stereocenters. The molecule has 0 aliphatic heterocycles. The van der Waals surface area contributed by atoms with E-state index in [9.17, 15) is 0 Å². The van der Waals surface area contributed by atoms with E-state index in [2.05, 4.69) is 11.8 Å². The van der Waals surface area contributed by atoms with Crippen LogP contribution in [0.25, 0.3) is 0 Å². The third kappa shape index (κ3) is 2.60. The van der Waals surface area contributed by atoms with Crippen LogP contribution in [0.3, 0.4) is 0 Å². The Kier molecular flexibility index (Phi) is 4.30. The molecular weight excluding hydrogens is 190 g/mol. The van der Waals surface area contributed by atoms with Crippen LogP contribution in [0.15, 0.2) is 0 Å². The predicted molar refractivity (Wildman–Crippen MR) is 57.7 cm³/mol. The van der Waals surface area contributed by atoms with E-state index in [-0.39, 0.29) is 0 Å². The molecule has 0 N–H and O–H groups in total. The lowest BCUT2D eigenvalue weighted by Crippen LogP contribution is -2.38. The Labute approximate surface area is 85.1 Å². The lowest BCUT2D eigenvalue weighted by atomic mass is 9.94. The van der Waals surface area contributed by atoms with Crippen molar-refractivity contribution >= 4 is 28.3 Å². The molecule has 0 atom stereocenters. The van der Waals surface area contributed by atoms with Crippen molar-refractivity contribution in [3.63, 3.8) is 0 Å². The number of nitrogens with zero attached hydrogens (tertiary/aromatic N) is 1. The summed E-state index contributed by atoms with van der Waals surface area (Å²) < 4.78 is 0.546. The molecule has 0 radical (unpaired) electrons. The number of hydrogen-bond acceptors (Lipinski definition) is 1. The molecule has 1 rings (SSSR count). The Morgan fingerprint density at radius 2 is 2.00 bits per heavy atom. The first-order valence-electron chi connectivity index (χ1n) is 4.71. The maximum atomic E-state index is 5.83. The second-order valence-electron chi connectivity index (χ2n) is 3.33. The number of hydrogen-bond donors (Lipinski definition) is 0. The molecule has 0 aromatic carbocycles. The summed E-state index contributed by atoms with van der Waals surface area (Å²) in [6.07, 6.45) is 6.58. The van der Waals surface area contributed by atoms with Gasteiger partial charge in [0.05, 0.1) is 0 Å². The van der Waals surface area contributed by atoms with Crippen LogP contribution in [-0.4, -0.2) is 21.9 Å². The second kappa shape index (κ2) is 5.03. The van der Waals surface area contributed by atoms with Crippen LogP contribution in [0, 0.1) is 0 Å². The summed E-state index contributed by atoms with van der Waals surface area (Å²) in [5.41, 5.74) is 0. The lowest BCUT2D eigenvalue weighted by Gasteiger charge is -2.33. The lowest BCUT2D eigenvalue weighted by molar-refractivity contribution is 0.259. The van der Waals surface area contributed by atoms with Crippen LogP contribution in [0.5, 0.6) is 0 Å². The zero-order valence-corrected chi connectivity index (χ0v) is 9.13. The van der Waals surface area contributed by atoms with Gasteiger partial charge in [0.1, 0.15) is 0 Å². The molecule has 0 aromatic rings. The summed E-state index contributed by atoms with van der Waals surface area (Å²) in [4.78, 5) is 2.15. The van der Waals surface area contributed by atoms with Gasteiger partial charge in [-0.1, -0.05) is 30.9 Å². The Morgan fingerprint density at radius 1 is 1.42 bits per heavy atom. The first-order valence-corrected chi connectivity index (χ1v) is 5.50. The van der Waals surface area contributed by atoms with Crippen molar-refractivity contribution in [2.24, 2.45) is 0 Å². The Bertz CT molecular complexity index is 155. The van der Waals surface area contributed by atoms with Gasteiger partial charge in [0.25, 0.3) is 0 Å². The highest BCUT2D eigenvalue weighted by Gasteiger charge is 2.20. The summed E-state index contributed by atoms with van der Waals surface area (Å²) in [7, 11) is 0. The van der Waals surface area contributed by atoms with Crippen molar-refractivity contribution in [3.8, 4) is 0 Å². The Morgan fingerprint density at radius 3 is 2.42 bits per heavy atom. The minimum Gasteiger partial charge on any atom is -0.351 e. The largest absolute Gasteiger partial charge is 0.351 e. The molecule has 0 amide bonds. The van der Waals surface area contributed by atoms with Gasteiger partial charge in [-0.05, 0) is 32.0 Å². The van der Waals surface area contributed by atoms with E-state index in [0.717, 1.165) is 6.54 Å². The van der Waals surface area contributed by atoms with E-state index in [0.29, 0.717) is 10.5 Å². The molecule has 12 heavy (non-hydrogen) atoms. The van der Waals surface area contributed by atoms with Gasteiger partial charge in [-0.25, -0.2) is 0 Å². The molecule has 0 saturated heterocycles. The molecule has 0 bridgehead atoms. The Balaban J connectivity index is 2.46. The fraction of sp³-hybridized carbons (Fsp3) is 0.889. The fourth-order valence-electron chi connectivity index (χ4n) is 1.92. The average Bonchev–Trinajstić information content (AvgIpc) is 2.07. The van der Waals surface area contributed by atoms with Crippen molar-refractivity contribution in [2.45, 2.75) is 45.1 Å². The van der Waals surface area contributed by atoms with Gasteiger partial charge in [-0.15, -0.1) is 0 Å². The highest BCUT2D eigenvalue weighted by Crippen LogP contribution is 2.23. The van der Waals surface area contributed by atoms with Crippen molar-refractivity contribution in [2.75, 3.05) is 6.54 Å². The second-order valence-corrected chi connectivity index (χ2v) is 4.30. The smallest absolute Gasteiger partial charge is 0.170 e. The zero-order chi connectivity index (χ0) is 8.97. The fourth-order valence-corrected chi connectivity index (χ4v) is 2.45. The molecule has 0 aromatic heterocycles. The van der Waals surface area contributed by atoms with Crippen LogP contribution in [0.2, 0.25) is 0 Å². The highest BCUT2D eigenvalue weighted by molar-refractivity contribution is 7.83. The van der Waals surface area contributed by atoms with Gasteiger partial charge in [0, 0.05) is 12.6 Å². The van der Waals surface area contributed by atoms with Crippen LogP contribution >= 0.6 is 23.8 Å². The third-order valence-electron chi connectivity index (χ3n) is 2.58. The molecule has 1 aliphatic rings. The molecule has 3 heteroatoms. The molecule has 1 saturated carbocycles. The number of rotatable bonds is 2. The monoisotopic (exact) mass is 205 g/mol. The van der Waals surface area contributed by atoms with Crippen molar-refractivity contribution in [3.05, 3.63) is 0 Å². The van der Waals surface area contributed by atoms with E-state index in [4.69, 9.17) is 23.8 Å². The highest BCUT2D eigenvalue weighted by atomic mass is 35.5. The minimum atomic E-state index is 0.546. The van der Waals surface area contributed by atoms with Crippen molar-refractivity contribution in [1.82, 2.24) is 4.90 Å². The summed E-state index contributed by atoms with van der Waals surface area (Å²) in [6.45, 7) is 3.07. The molecule has 1 aliphatic carbocycles. The normalized spacial score (nSPS) is 19.2. The van der Waals surface area contributed by atoms with Crippen molar-refractivity contribution in [1.29, 1.82) is 0 Å². The number of halogens is 1. The SMILES string of the molecule is CCN(C(=S)Cl)C1CCCCC1. The van der Waals surface area contributed by atoms with Gasteiger partial charge < -0.3 is 4.90 Å². The van der Waals surface area contributed by atoms with E-state index >= 15 is 0 Å². The van der Waals surface area contributed by atoms with Crippen LogP contribution in [0.4, 0.5) is 0 Å². The van der Waals surface area contributed by atoms with Crippen molar-refractivity contribution < 1.29 is 0 Å². The molecule has 0 heterocycles. The van der Waals surface area contributed by atoms with Gasteiger partial charge in [-0.2, -0.15) is 0 Å². The summed E-state index contributed by atoms with van der Waals surface area (Å²) in [5, 5.41) is 0. The molecule has 70 valence electrons. The van der Waals surface area contributed by atoms with E-state index in [1.54, 1.807) is 0 Å². The van der Waals surface area contributed by atoms with Gasteiger partial charge in [0.15, 0.2) is 4.45 Å². The quantitative estimate of drug-likeness (QED) is 0.387. The minimum absolute atomic E-state index is 0.546. The summed E-state index contributed by atoms with van der Waals surface area (Å²) >= 11 is 10.8. The predicted octanol–water partition coefficient (Wildman–Crippen LogP) is 3.16. The third-order valence-corrected chi connectivity index (χ3v) is 3.03. The van der Waals surface area contributed by atoms with Crippen LogP contribution in [0.1, 0.15) is 39.0 Å². The van der Waals surface area contributed by atoms with Gasteiger partial charge >= 0.3 is 0 Å². The number of thiocarbonyl (C=S) groups is 1. The van der Waals surface area contributed by atoms with Crippen LogP contribution < -0.4 is 0 Å². The van der Waals surface area contributed by atoms with Crippen LogP contribution in [-0.2, 0) is 0 Å². The first-order chi connectivity index (χ1) is 5.75. The van der Waals surface area contributed by atoms with Gasteiger partial charge in [-0.3, -0.25) is 0 Å². The molecule has 0 spiro atoms. The van der Waals surface area contributed by atoms with E-state index in [1.807, 2.05) is 0 Å². The van der Waals surface area contributed by atoms with Gasteiger partial charge in [0.2, 0.25) is 0 Å². The molecule has 1 nitrogen and oxygen atoms in total. The molecular formula is C9H16ClNS. The topological polar surface area (TPSA) is 3.24 Å². The summed E-state index contributed by atoms with van der Waals surface area (Å²) in [5.74, 6) is 0. The molecule has 1 fully saturated rings. The van der Waals surface area contributed by atoms with E-state index < -0.39 is 0 Å².